The number of para-hydroxylation sites is 1. The minimum absolute atomic E-state index is 0.0109. The molecule has 4 nitrogen and oxygen atoms in total. The van der Waals surface area contributed by atoms with Crippen LogP contribution in [0.25, 0.3) is 0 Å². The van der Waals surface area contributed by atoms with Gasteiger partial charge in [0.25, 0.3) is 0 Å². The second kappa shape index (κ2) is 5.87. The van der Waals surface area contributed by atoms with Crippen molar-refractivity contribution in [3.05, 3.63) is 29.8 Å². The van der Waals surface area contributed by atoms with Gasteiger partial charge in [-0.3, -0.25) is 4.79 Å². The Morgan fingerprint density at radius 2 is 2.06 bits per heavy atom. The van der Waals surface area contributed by atoms with Crippen molar-refractivity contribution in [2.45, 2.75) is 31.7 Å². The summed E-state index contributed by atoms with van der Waals surface area (Å²) in [5.41, 5.74) is 0.643. The van der Waals surface area contributed by atoms with Crippen molar-refractivity contribution >= 4 is 5.91 Å². The topological polar surface area (TPSA) is 60.8 Å². The quantitative estimate of drug-likeness (QED) is 0.827. The van der Waals surface area contributed by atoms with Gasteiger partial charge in [-0.1, -0.05) is 18.2 Å². The van der Waals surface area contributed by atoms with E-state index >= 15 is 0 Å². The Bertz CT molecular complexity index is 415. The number of benzene rings is 1. The van der Waals surface area contributed by atoms with Crippen LogP contribution in [-0.4, -0.2) is 40.2 Å². The van der Waals surface area contributed by atoms with Gasteiger partial charge >= 0.3 is 0 Å². The van der Waals surface area contributed by atoms with Crippen LogP contribution in [0.4, 0.5) is 0 Å². The fourth-order valence-electron chi connectivity index (χ4n) is 2.24. The molecule has 0 aliphatic heterocycles. The number of hydrogen-bond acceptors (Lipinski definition) is 3. The number of aliphatic hydroxyl groups excluding tert-OH is 1. The lowest BCUT2D eigenvalue weighted by Gasteiger charge is -2.37. The molecule has 0 spiro atoms. The monoisotopic (exact) mass is 249 g/mol. The molecule has 1 amide bonds. The molecule has 1 aliphatic carbocycles. The molecule has 2 rings (SSSR count). The van der Waals surface area contributed by atoms with Crippen LogP contribution in [0.5, 0.6) is 5.75 Å². The first-order chi connectivity index (χ1) is 8.72. The number of hydrogen-bond donors (Lipinski definition) is 2. The Morgan fingerprint density at radius 1 is 1.33 bits per heavy atom. The predicted octanol–water partition coefficient (Wildman–Crippen LogP) is 1.31. The van der Waals surface area contributed by atoms with Crippen molar-refractivity contribution in [3.8, 4) is 5.75 Å². The summed E-state index contributed by atoms with van der Waals surface area (Å²) in [6, 6.07) is 7.16. The summed E-state index contributed by atoms with van der Waals surface area (Å²) in [5.74, 6) is 0.138. The first-order valence-corrected chi connectivity index (χ1v) is 6.39. The van der Waals surface area contributed by atoms with Gasteiger partial charge in [-0.05, 0) is 25.3 Å². The van der Waals surface area contributed by atoms with Gasteiger partial charge in [-0.2, -0.15) is 0 Å². The van der Waals surface area contributed by atoms with Crippen LogP contribution in [0.15, 0.2) is 24.3 Å². The highest BCUT2D eigenvalue weighted by molar-refractivity contribution is 5.79. The van der Waals surface area contributed by atoms with E-state index in [-0.39, 0.29) is 30.7 Å². The summed E-state index contributed by atoms with van der Waals surface area (Å²) < 4.78 is 0. The van der Waals surface area contributed by atoms with E-state index in [1.807, 2.05) is 6.07 Å². The molecule has 0 radical (unpaired) electrons. The van der Waals surface area contributed by atoms with E-state index in [0.29, 0.717) is 12.1 Å². The maximum atomic E-state index is 12.2. The van der Waals surface area contributed by atoms with Crippen LogP contribution in [-0.2, 0) is 11.2 Å². The van der Waals surface area contributed by atoms with Crippen LogP contribution in [0.2, 0.25) is 0 Å². The van der Waals surface area contributed by atoms with Crippen LogP contribution in [0.3, 0.4) is 0 Å². The highest BCUT2D eigenvalue weighted by Gasteiger charge is 2.28. The molecule has 0 unspecified atom stereocenters. The predicted molar refractivity (Wildman–Crippen MR) is 68.2 cm³/mol. The number of carbonyl (C=O) groups excluding carboxylic acids is 1. The molecule has 0 aromatic heterocycles. The minimum Gasteiger partial charge on any atom is -0.508 e. The molecule has 4 heteroatoms. The standard InChI is InChI=1S/C14H19NO3/c16-9-8-15(12-5-3-6-12)14(18)10-11-4-1-2-7-13(11)17/h1-2,4,7,12,16-17H,3,5-6,8-10H2. The number of phenols is 1. The number of rotatable bonds is 5. The maximum Gasteiger partial charge on any atom is 0.227 e. The third-order valence-electron chi connectivity index (χ3n) is 3.51. The zero-order valence-electron chi connectivity index (χ0n) is 10.4. The van der Waals surface area contributed by atoms with Gasteiger partial charge in [0.2, 0.25) is 5.91 Å². The smallest absolute Gasteiger partial charge is 0.227 e. The second-order valence-electron chi connectivity index (χ2n) is 4.70. The molecule has 0 heterocycles. The molecule has 1 fully saturated rings. The molecular formula is C14H19NO3. The van der Waals surface area contributed by atoms with Gasteiger partial charge < -0.3 is 15.1 Å². The van der Waals surface area contributed by atoms with Gasteiger partial charge in [0, 0.05) is 18.2 Å². The zero-order valence-corrected chi connectivity index (χ0v) is 10.4. The van der Waals surface area contributed by atoms with E-state index in [2.05, 4.69) is 0 Å². The Kier molecular flexibility index (Phi) is 4.20. The molecular weight excluding hydrogens is 230 g/mol. The molecule has 1 aromatic carbocycles. The SMILES string of the molecule is O=C(Cc1ccccc1O)N(CCO)C1CCC1. The maximum absolute atomic E-state index is 12.2. The molecule has 1 aliphatic rings. The molecule has 2 N–H and O–H groups in total. The normalized spacial score (nSPS) is 15.2. The van der Waals surface area contributed by atoms with E-state index in [0.717, 1.165) is 19.3 Å². The number of aliphatic hydroxyl groups is 1. The molecule has 0 saturated heterocycles. The summed E-state index contributed by atoms with van der Waals surface area (Å²) in [6.07, 6.45) is 3.39. The van der Waals surface area contributed by atoms with Crippen LogP contribution in [0, 0.1) is 0 Å². The van der Waals surface area contributed by atoms with Gasteiger partial charge in [-0.15, -0.1) is 0 Å². The third-order valence-corrected chi connectivity index (χ3v) is 3.51. The summed E-state index contributed by atoms with van der Waals surface area (Å²) in [6.45, 7) is 0.375. The number of aromatic hydroxyl groups is 1. The third kappa shape index (κ3) is 2.82. The lowest BCUT2D eigenvalue weighted by Crippen LogP contribution is -2.46. The van der Waals surface area contributed by atoms with Crippen molar-refractivity contribution in [2.24, 2.45) is 0 Å². The first-order valence-electron chi connectivity index (χ1n) is 6.39. The molecule has 18 heavy (non-hydrogen) atoms. The highest BCUT2D eigenvalue weighted by atomic mass is 16.3. The van der Waals surface area contributed by atoms with E-state index in [1.54, 1.807) is 23.1 Å². The van der Waals surface area contributed by atoms with Gasteiger partial charge in [0.1, 0.15) is 5.75 Å². The largest absolute Gasteiger partial charge is 0.508 e. The average Bonchev–Trinajstić information content (AvgIpc) is 2.29. The van der Waals surface area contributed by atoms with E-state index < -0.39 is 0 Å². The summed E-state index contributed by atoms with van der Waals surface area (Å²) in [7, 11) is 0. The Labute approximate surface area is 107 Å². The van der Waals surface area contributed by atoms with Crippen LogP contribution in [0.1, 0.15) is 24.8 Å². The fraction of sp³-hybridized carbons (Fsp3) is 0.500. The zero-order chi connectivity index (χ0) is 13.0. The lowest BCUT2D eigenvalue weighted by atomic mass is 9.91. The number of amides is 1. The van der Waals surface area contributed by atoms with E-state index in [1.165, 1.54) is 0 Å². The van der Waals surface area contributed by atoms with Crippen molar-refractivity contribution in [1.82, 2.24) is 4.90 Å². The fourth-order valence-corrected chi connectivity index (χ4v) is 2.24. The van der Waals surface area contributed by atoms with Crippen LogP contribution >= 0.6 is 0 Å². The molecule has 0 atom stereocenters. The summed E-state index contributed by atoms with van der Waals surface area (Å²) >= 11 is 0. The number of carbonyl (C=O) groups is 1. The number of phenolic OH excluding ortho intramolecular Hbond substituents is 1. The first kappa shape index (κ1) is 12.9. The Hall–Kier alpha value is -1.55. The van der Waals surface area contributed by atoms with Crippen LogP contribution < -0.4 is 0 Å². The Morgan fingerprint density at radius 3 is 2.61 bits per heavy atom. The van der Waals surface area contributed by atoms with E-state index in [4.69, 9.17) is 5.11 Å². The van der Waals surface area contributed by atoms with Crippen molar-refractivity contribution in [1.29, 1.82) is 0 Å². The van der Waals surface area contributed by atoms with Gasteiger partial charge in [0.05, 0.1) is 13.0 Å². The summed E-state index contributed by atoms with van der Waals surface area (Å²) in [4.78, 5) is 13.9. The summed E-state index contributed by atoms with van der Waals surface area (Å²) in [5, 5.41) is 18.7. The highest BCUT2D eigenvalue weighted by Crippen LogP contribution is 2.26. The average molecular weight is 249 g/mol. The van der Waals surface area contributed by atoms with Gasteiger partial charge in [-0.25, -0.2) is 0 Å². The van der Waals surface area contributed by atoms with Crippen molar-refractivity contribution in [3.63, 3.8) is 0 Å². The molecule has 1 aromatic rings. The van der Waals surface area contributed by atoms with Gasteiger partial charge in [0.15, 0.2) is 0 Å². The molecule has 1 saturated carbocycles. The minimum atomic E-state index is -0.0183. The molecule has 0 bridgehead atoms. The lowest BCUT2D eigenvalue weighted by molar-refractivity contribution is -0.135. The van der Waals surface area contributed by atoms with Crippen molar-refractivity contribution < 1.29 is 15.0 Å². The Balaban J connectivity index is 2.02. The second-order valence-corrected chi connectivity index (χ2v) is 4.70. The number of nitrogens with zero attached hydrogens (tertiary/aromatic N) is 1. The molecule has 98 valence electrons. The van der Waals surface area contributed by atoms with Crippen molar-refractivity contribution in [2.75, 3.05) is 13.2 Å². The van der Waals surface area contributed by atoms with E-state index in [9.17, 15) is 9.90 Å².